The normalized spacial score (nSPS) is 17.9. The number of allylic oxidation sites excluding steroid dienone is 1. The fraction of sp³-hybridized carbons (Fsp3) is 0.471. The highest BCUT2D eigenvalue weighted by Crippen LogP contribution is 2.36. The first-order chi connectivity index (χ1) is 10.5. The minimum absolute atomic E-state index is 0.179. The number of ether oxygens (including phenoxy) is 1. The summed E-state index contributed by atoms with van der Waals surface area (Å²) in [5, 5.41) is 19.2. The summed E-state index contributed by atoms with van der Waals surface area (Å²) in [6.45, 7) is 5.80. The van der Waals surface area contributed by atoms with E-state index in [1.807, 2.05) is 6.07 Å². The highest BCUT2D eigenvalue weighted by atomic mass is 16.5. The monoisotopic (exact) mass is 305 g/mol. The van der Waals surface area contributed by atoms with Crippen molar-refractivity contribution in [3.8, 4) is 11.5 Å². The average molecular weight is 305 g/mol. The molecule has 0 atom stereocenters. The molecule has 2 rings (SSSR count). The minimum atomic E-state index is -0.730. The van der Waals surface area contributed by atoms with Crippen LogP contribution in [0.3, 0.4) is 0 Å². The molecule has 0 amide bonds. The van der Waals surface area contributed by atoms with Crippen molar-refractivity contribution in [2.75, 3.05) is 20.2 Å². The summed E-state index contributed by atoms with van der Waals surface area (Å²) in [7, 11) is 1.57. The summed E-state index contributed by atoms with van der Waals surface area (Å²) in [6, 6.07) is 5.17. The average Bonchev–Trinajstić information content (AvgIpc) is 2.48. The van der Waals surface area contributed by atoms with Gasteiger partial charge in [-0.2, -0.15) is 0 Å². The fourth-order valence-electron chi connectivity index (χ4n) is 3.03. The van der Waals surface area contributed by atoms with Gasteiger partial charge in [0.15, 0.2) is 0 Å². The number of likely N-dealkylation sites (tertiary alicyclic amines) is 1. The number of carboxylic acids is 1. The molecule has 1 saturated heterocycles. The number of rotatable bonds is 6. The van der Waals surface area contributed by atoms with Crippen molar-refractivity contribution >= 4 is 5.97 Å². The maximum absolute atomic E-state index is 11.5. The van der Waals surface area contributed by atoms with Crippen molar-refractivity contribution in [1.29, 1.82) is 0 Å². The minimum Gasteiger partial charge on any atom is -0.508 e. The summed E-state index contributed by atoms with van der Waals surface area (Å²) in [4.78, 5) is 13.8. The molecule has 1 aromatic rings. The van der Waals surface area contributed by atoms with Gasteiger partial charge < -0.3 is 14.9 Å². The smallest absolute Gasteiger partial charge is 0.310 e. The van der Waals surface area contributed by atoms with E-state index in [1.54, 1.807) is 25.3 Å². The van der Waals surface area contributed by atoms with Crippen LogP contribution in [0.5, 0.6) is 11.5 Å². The molecule has 120 valence electrons. The number of piperidine rings is 1. The van der Waals surface area contributed by atoms with Gasteiger partial charge in [-0.05, 0) is 50.0 Å². The van der Waals surface area contributed by atoms with Gasteiger partial charge in [-0.3, -0.25) is 9.69 Å². The van der Waals surface area contributed by atoms with Gasteiger partial charge in [-0.25, -0.2) is 0 Å². The Bertz CT molecular complexity index is 548. The number of phenols is 1. The lowest BCUT2D eigenvalue weighted by Gasteiger charge is -2.38. The van der Waals surface area contributed by atoms with Crippen LogP contribution in [0.25, 0.3) is 0 Å². The van der Waals surface area contributed by atoms with E-state index in [0.29, 0.717) is 31.6 Å². The molecular weight excluding hydrogens is 282 g/mol. The van der Waals surface area contributed by atoms with Crippen LogP contribution in [-0.4, -0.2) is 41.3 Å². The molecule has 0 bridgehead atoms. The number of hydrogen-bond donors (Lipinski definition) is 2. The molecule has 22 heavy (non-hydrogen) atoms. The maximum atomic E-state index is 11.5. The molecule has 2 N–H and O–H groups in total. The third-order valence-corrected chi connectivity index (χ3v) is 4.39. The molecule has 0 spiro atoms. The summed E-state index contributed by atoms with van der Waals surface area (Å²) in [6.07, 6.45) is 3.44. The Morgan fingerprint density at radius 3 is 2.64 bits per heavy atom. The van der Waals surface area contributed by atoms with E-state index < -0.39 is 11.4 Å². The van der Waals surface area contributed by atoms with Crippen molar-refractivity contribution in [2.45, 2.75) is 25.8 Å². The topological polar surface area (TPSA) is 70.0 Å². The van der Waals surface area contributed by atoms with Crippen LogP contribution in [0.1, 0.15) is 24.8 Å². The molecule has 0 radical (unpaired) electrons. The van der Waals surface area contributed by atoms with E-state index in [2.05, 4.69) is 11.5 Å². The van der Waals surface area contributed by atoms with Crippen LogP contribution in [0.2, 0.25) is 0 Å². The first-order valence-corrected chi connectivity index (χ1v) is 7.43. The van der Waals surface area contributed by atoms with E-state index in [-0.39, 0.29) is 5.75 Å². The van der Waals surface area contributed by atoms with Crippen LogP contribution in [0.15, 0.2) is 30.9 Å². The second-order valence-corrected chi connectivity index (χ2v) is 5.89. The van der Waals surface area contributed by atoms with Gasteiger partial charge in [0, 0.05) is 12.6 Å². The zero-order valence-electron chi connectivity index (χ0n) is 12.9. The van der Waals surface area contributed by atoms with Crippen molar-refractivity contribution in [3.63, 3.8) is 0 Å². The largest absolute Gasteiger partial charge is 0.508 e. The number of benzene rings is 1. The number of methoxy groups -OCH3 is 1. The third kappa shape index (κ3) is 3.60. The van der Waals surface area contributed by atoms with E-state index in [9.17, 15) is 15.0 Å². The summed E-state index contributed by atoms with van der Waals surface area (Å²) in [5.74, 6) is 0.0718. The van der Waals surface area contributed by atoms with Gasteiger partial charge in [0.05, 0.1) is 12.5 Å². The predicted octanol–water partition coefficient (Wildman–Crippen LogP) is 2.64. The molecule has 1 fully saturated rings. The highest BCUT2D eigenvalue weighted by Gasteiger charge is 2.40. The fourth-order valence-corrected chi connectivity index (χ4v) is 3.03. The molecule has 1 aromatic carbocycles. The zero-order valence-corrected chi connectivity index (χ0v) is 12.9. The standard InChI is InChI=1S/C17H23NO4/c1-3-4-17(16(20)21)5-7-18(8-6-17)12-13-9-14(19)11-15(10-13)22-2/h3,9-11,19H,1,4-8,12H2,2H3,(H,20,21). The zero-order chi connectivity index (χ0) is 16.2. The van der Waals surface area contributed by atoms with Crippen LogP contribution in [-0.2, 0) is 11.3 Å². The number of nitrogens with zero attached hydrogens (tertiary/aromatic N) is 1. The van der Waals surface area contributed by atoms with Gasteiger partial charge in [0.2, 0.25) is 0 Å². The van der Waals surface area contributed by atoms with Crippen molar-refractivity contribution < 1.29 is 19.7 Å². The number of carbonyl (C=O) groups is 1. The number of carboxylic acid groups (broad SMARTS) is 1. The summed E-state index contributed by atoms with van der Waals surface area (Å²) in [5.41, 5.74) is 0.290. The Morgan fingerprint density at radius 1 is 1.41 bits per heavy atom. The van der Waals surface area contributed by atoms with Crippen LogP contribution >= 0.6 is 0 Å². The van der Waals surface area contributed by atoms with Crippen molar-refractivity contribution in [1.82, 2.24) is 4.90 Å². The lowest BCUT2D eigenvalue weighted by atomic mass is 9.75. The SMILES string of the molecule is C=CCC1(C(=O)O)CCN(Cc2cc(O)cc(OC)c2)CC1. The lowest BCUT2D eigenvalue weighted by molar-refractivity contribution is -0.152. The quantitative estimate of drug-likeness (QED) is 0.791. The molecule has 5 heteroatoms. The molecular formula is C17H23NO4. The second kappa shape index (κ2) is 6.83. The molecule has 0 saturated carbocycles. The molecule has 1 aliphatic rings. The molecule has 1 aliphatic heterocycles. The Morgan fingerprint density at radius 2 is 2.09 bits per heavy atom. The van der Waals surface area contributed by atoms with Crippen LogP contribution < -0.4 is 4.74 Å². The Kier molecular flexibility index (Phi) is 5.08. The molecule has 0 unspecified atom stereocenters. The van der Waals surface area contributed by atoms with E-state index in [0.717, 1.165) is 18.7 Å². The van der Waals surface area contributed by atoms with E-state index in [1.165, 1.54) is 0 Å². The number of hydrogen-bond acceptors (Lipinski definition) is 4. The Labute approximate surface area is 130 Å². The molecule has 0 aromatic heterocycles. The first kappa shape index (κ1) is 16.4. The first-order valence-electron chi connectivity index (χ1n) is 7.43. The molecule has 0 aliphatic carbocycles. The van der Waals surface area contributed by atoms with Gasteiger partial charge in [0.1, 0.15) is 11.5 Å². The molecule has 1 heterocycles. The highest BCUT2D eigenvalue weighted by molar-refractivity contribution is 5.75. The third-order valence-electron chi connectivity index (χ3n) is 4.39. The predicted molar refractivity (Wildman–Crippen MR) is 84.1 cm³/mol. The Hall–Kier alpha value is -2.01. The maximum Gasteiger partial charge on any atom is 0.310 e. The van der Waals surface area contributed by atoms with Crippen LogP contribution in [0.4, 0.5) is 0 Å². The summed E-state index contributed by atoms with van der Waals surface area (Å²) >= 11 is 0. The summed E-state index contributed by atoms with van der Waals surface area (Å²) < 4.78 is 5.15. The van der Waals surface area contributed by atoms with Gasteiger partial charge >= 0.3 is 5.97 Å². The Balaban J connectivity index is 2.01. The number of aromatic hydroxyl groups is 1. The van der Waals surface area contributed by atoms with Gasteiger partial charge in [0.25, 0.3) is 0 Å². The lowest BCUT2D eigenvalue weighted by Crippen LogP contribution is -2.43. The van der Waals surface area contributed by atoms with Crippen molar-refractivity contribution in [2.24, 2.45) is 5.41 Å². The van der Waals surface area contributed by atoms with E-state index in [4.69, 9.17) is 4.74 Å². The van der Waals surface area contributed by atoms with Gasteiger partial charge in [-0.1, -0.05) is 6.08 Å². The number of phenolic OH excluding ortho intramolecular Hbond substituents is 1. The van der Waals surface area contributed by atoms with Crippen LogP contribution in [0, 0.1) is 5.41 Å². The molecule has 5 nitrogen and oxygen atoms in total. The number of aliphatic carboxylic acids is 1. The van der Waals surface area contributed by atoms with Crippen molar-refractivity contribution in [3.05, 3.63) is 36.4 Å². The second-order valence-electron chi connectivity index (χ2n) is 5.89. The van der Waals surface area contributed by atoms with Gasteiger partial charge in [-0.15, -0.1) is 6.58 Å². The van der Waals surface area contributed by atoms with E-state index >= 15 is 0 Å².